The van der Waals surface area contributed by atoms with Gasteiger partial charge in [0.1, 0.15) is 23.2 Å². The van der Waals surface area contributed by atoms with Gasteiger partial charge >= 0.3 is 0 Å². The van der Waals surface area contributed by atoms with Crippen LogP contribution in [0.4, 0.5) is 23.0 Å². The van der Waals surface area contributed by atoms with Gasteiger partial charge in [0.15, 0.2) is 0 Å². The molecule has 388 valence electrons. The molecule has 2 fully saturated rings. The molecule has 2 saturated heterocycles. The van der Waals surface area contributed by atoms with Crippen molar-refractivity contribution in [1.29, 1.82) is 0 Å². The summed E-state index contributed by atoms with van der Waals surface area (Å²) in [4.78, 5) is 24.5. The lowest BCUT2D eigenvalue weighted by atomic mass is 10.0. The number of nitrogens with one attached hydrogen (secondary N) is 2. The van der Waals surface area contributed by atoms with E-state index in [0.717, 1.165) is 184 Å². The van der Waals surface area contributed by atoms with Crippen LogP contribution in [0.25, 0.3) is 44.1 Å². The zero-order valence-corrected chi connectivity index (χ0v) is 45.7. The molecule has 6 heterocycles. The van der Waals surface area contributed by atoms with Gasteiger partial charge in [0, 0.05) is 147 Å². The molecule has 0 unspecified atom stereocenters. The monoisotopic (exact) mass is 1040 g/mol. The first-order valence-corrected chi connectivity index (χ1v) is 26.5. The van der Waals surface area contributed by atoms with Crippen molar-refractivity contribution in [2.75, 3.05) is 127 Å². The highest BCUT2D eigenvalue weighted by atomic mass is 35.5. The van der Waals surface area contributed by atoms with Crippen LogP contribution >= 0.6 is 23.2 Å². The Kier molecular flexibility index (Phi) is 17.0. The van der Waals surface area contributed by atoms with Gasteiger partial charge < -0.3 is 39.3 Å². The number of nitrogens with zero attached hydrogens (tertiary/aromatic N) is 10. The van der Waals surface area contributed by atoms with Crippen molar-refractivity contribution in [3.05, 3.63) is 141 Å². The number of hydrogen-bond acceptors (Lipinski definition) is 14. The van der Waals surface area contributed by atoms with Crippen LogP contribution in [0, 0.1) is 27.7 Å². The molecule has 2 aliphatic heterocycles. The molecule has 0 bridgehead atoms. The molecular formula is C58H70Cl2N12O2. The molecule has 0 radical (unpaired) electrons. The number of piperazine rings is 2. The summed E-state index contributed by atoms with van der Waals surface area (Å²) >= 11 is 12.4. The molecular weight excluding hydrogens is 968 g/mol. The molecule has 4 aromatic carbocycles. The minimum atomic E-state index is 0.661. The van der Waals surface area contributed by atoms with Gasteiger partial charge in [-0.05, 0) is 127 Å². The lowest BCUT2D eigenvalue weighted by molar-refractivity contribution is 0.229. The predicted molar refractivity (Wildman–Crippen MR) is 305 cm³/mol. The zero-order chi connectivity index (χ0) is 51.9. The lowest BCUT2D eigenvalue weighted by Gasteiger charge is -2.37. The van der Waals surface area contributed by atoms with Gasteiger partial charge in [0.2, 0.25) is 0 Å². The average molecular weight is 1040 g/mol. The Balaban J connectivity index is 0.000000182. The van der Waals surface area contributed by atoms with Crippen LogP contribution in [0.2, 0.25) is 10.0 Å². The molecule has 2 N–H and O–H groups in total. The van der Waals surface area contributed by atoms with Crippen molar-refractivity contribution < 1.29 is 9.05 Å². The summed E-state index contributed by atoms with van der Waals surface area (Å²) in [7, 11) is 8.52. The first-order valence-electron chi connectivity index (χ1n) is 25.7. The Morgan fingerprint density at radius 2 is 1.04 bits per heavy atom. The van der Waals surface area contributed by atoms with E-state index in [1.54, 1.807) is 0 Å². The van der Waals surface area contributed by atoms with Crippen molar-refractivity contribution in [2.24, 2.45) is 0 Å². The van der Waals surface area contributed by atoms with E-state index in [4.69, 9.17) is 42.2 Å². The van der Waals surface area contributed by atoms with Crippen molar-refractivity contribution in [2.45, 2.75) is 40.8 Å². The van der Waals surface area contributed by atoms with E-state index >= 15 is 0 Å². The largest absolute Gasteiger partial charge is 0.380 e. The number of rotatable bonds is 16. The van der Waals surface area contributed by atoms with Gasteiger partial charge in [0.05, 0.1) is 22.4 Å². The van der Waals surface area contributed by atoms with E-state index in [1.165, 1.54) is 5.69 Å². The molecule has 16 heteroatoms. The highest BCUT2D eigenvalue weighted by Gasteiger charge is 2.23. The highest BCUT2D eigenvalue weighted by molar-refractivity contribution is 6.30. The fourth-order valence-corrected chi connectivity index (χ4v) is 10.4. The van der Waals surface area contributed by atoms with Gasteiger partial charge in [-0.1, -0.05) is 69.9 Å². The Morgan fingerprint density at radius 3 is 1.54 bits per heavy atom. The standard InChI is InChI=1S/2C29H35ClN6O/c1-20-29(21(2)37-33-20)23-8-9-26-25(17-23)27(36-14-12-35(13-15-36)11-10-34(3)4)18-28(32-26)31-19-22-6-5-7-24(30)16-22;1-20-29(21(2)37-33-20)23-8-9-26-25(17-23)27(31-19-22-6-5-7-24(30)16-22)18-28(32-26)36-14-12-35(13-15-36)11-10-34(3)4/h2*5-9,16-18H,10-15,19H2,1-4H3,(H,31,32). The number of likely N-dealkylation sites (N-methyl/N-ethyl adjacent to an activating group) is 2. The maximum Gasteiger partial charge on any atom is 0.141 e. The highest BCUT2D eigenvalue weighted by Crippen LogP contribution is 2.37. The summed E-state index contributed by atoms with van der Waals surface area (Å²) in [5.74, 6) is 3.53. The maximum absolute atomic E-state index is 6.24. The minimum absolute atomic E-state index is 0.661. The molecule has 0 saturated carbocycles. The van der Waals surface area contributed by atoms with E-state index in [9.17, 15) is 0 Å². The first-order chi connectivity index (χ1) is 35.7. The number of anilines is 4. The number of hydrogen-bond donors (Lipinski definition) is 2. The smallest absolute Gasteiger partial charge is 0.141 e. The third-order valence-electron chi connectivity index (χ3n) is 14.1. The Labute approximate surface area is 446 Å². The molecule has 10 rings (SSSR count). The van der Waals surface area contributed by atoms with Crippen LogP contribution in [0.15, 0.2) is 106 Å². The van der Waals surface area contributed by atoms with Gasteiger partial charge in [-0.15, -0.1) is 0 Å². The fraction of sp³-hybridized carbons (Fsp3) is 0.379. The normalized spacial score (nSPS) is 14.6. The Bertz CT molecular complexity index is 3130. The summed E-state index contributed by atoms with van der Waals surface area (Å²) in [6.07, 6.45) is 0. The summed E-state index contributed by atoms with van der Waals surface area (Å²) in [5.41, 5.74) is 12.5. The van der Waals surface area contributed by atoms with E-state index in [2.05, 4.69) is 139 Å². The third-order valence-corrected chi connectivity index (χ3v) is 14.6. The average Bonchev–Trinajstić information content (AvgIpc) is 3.92. The molecule has 74 heavy (non-hydrogen) atoms. The number of fused-ring (bicyclic) bond motifs is 2. The molecule has 14 nitrogen and oxygen atoms in total. The quantitative estimate of drug-likeness (QED) is 0.0955. The van der Waals surface area contributed by atoms with Crippen LogP contribution in [0.5, 0.6) is 0 Å². The lowest BCUT2D eigenvalue weighted by Crippen LogP contribution is -2.48. The summed E-state index contributed by atoms with van der Waals surface area (Å²) in [6, 6.07) is 33.2. The Morgan fingerprint density at radius 1 is 0.541 bits per heavy atom. The zero-order valence-electron chi connectivity index (χ0n) is 44.2. The van der Waals surface area contributed by atoms with Crippen molar-refractivity contribution in [1.82, 2.24) is 39.9 Å². The van der Waals surface area contributed by atoms with E-state index in [1.807, 2.05) is 64.1 Å². The molecule has 0 atom stereocenters. The second kappa shape index (κ2) is 24.0. The van der Waals surface area contributed by atoms with Crippen LogP contribution in [0.1, 0.15) is 34.0 Å². The summed E-state index contributed by atoms with van der Waals surface area (Å²) in [6.45, 7) is 21.7. The van der Waals surface area contributed by atoms with Gasteiger partial charge in [0.25, 0.3) is 0 Å². The van der Waals surface area contributed by atoms with Crippen LogP contribution < -0.4 is 20.4 Å². The van der Waals surface area contributed by atoms with Crippen LogP contribution in [0.3, 0.4) is 0 Å². The van der Waals surface area contributed by atoms with Gasteiger partial charge in [-0.25, -0.2) is 9.97 Å². The topological polar surface area (TPSA) is 121 Å². The number of aryl methyl sites for hydroxylation is 4. The van der Waals surface area contributed by atoms with Crippen molar-refractivity contribution >= 4 is 68.0 Å². The maximum atomic E-state index is 6.24. The van der Waals surface area contributed by atoms with E-state index < -0.39 is 0 Å². The minimum Gasteiger partial charge on any atom is -0.380 e. The third kappa shape index (κ3) is 13.0. The molecule has 8 aromatic rings. The second-order valence-corrected chi connectivity index (χ2v) is 21.0. The van der Waals surface area contributed by atoms with E-state index in [0.29, 0.717) is 13.1 Å². The molecule has 0 spiro atoms. The fourth-order valence-electron chi connectivity index (χ4n) is 9.96. The molecule has 0 amide bonds. The number of aromatic nitrogens is 4. The number of halogens is 2. The van der Waals surface area contributed by atoms with Crippen LogP contribution in [-0.4, -0.2) is 147 Å². The molecule has 2 aliphatic rings. The van der Waals surface area contributed by atoms with E-state index in [-0.39, 0.29) is 0 Å². The van der Waals surface area contributed by atoms with Crippen LogP contribution in [-0.2, 0) is 13.1 Å². The molecule has 4 aromatic heterocycles. The predicted octanol–water partition coefficient (Wildman–Crippen LogP) is 10.9. The second-order valence-electron chi connectivity index (χ2n) is 20.1. The summed E-state index contributed by atoms with van der Waals surface area (Å²) < 4.78 is 10.9. The Hall–Kier alpha value is -6.26. The number of benzene rings is 4. The van der Waals surface area contributed by atoms with Crippen molar-refractivity contribution in [3.63, 3.8) is 0 Å². The van der Waals surface area contributed by atoms with Gasteiger partial charge in [-0.3, -0.25) is 9.80 Å². The van der Waals surface area contributed by atoms with Crippen molar-refractivity contribution in [3.8, 4) is 22.3 Å². The summed E-state index contributed by atoms with van der Waals surface area (Å²) in [5, 5.41) is 19.2. The van der Waals surface area contributed by atoms with Gasteiger partial charge in [-0.2, -0.15) is 0 Å². The SMILES string of the molecule is Cc1noc(C)c1-c1ccc2nc(N3CCN(CCN(C)C)CC3)cc(NCc3cccc(Cl)c3)c2c1.Cc1noc(C)c1-c1ccc2nc(NCc3cccc(Cl)c3)cc(N3CCN(CCN(C)C)CC3)c2c1. The first kappa shape index (κ1) is 52.6. The number of pyridine rings is 2. The molecule has 0 aliphatic carbocycles.